The minimum Gasteiger partial charge on any atom is -0.449 e. The lowest BCUT2D eigenvalue weighted by Gasteiger charge is -2.19. The lowest BCUT2D eigenvalue weighted by atomic mass is 9.96. The molecule has 0 aliphatic carbocycles. The number of carbonyl (C=O) groups is 2. The number of hydrogen-bond donors (Lipinski definition) is 2. The monoisotopic (exact) mass is 399 g/mol. The zero-order chi connectivity index (χ0) is 21.4. The Morgan fingerprint density at radius 3 is 2.45 bits per heavy atom. The molecule has 8 heteroatoms. The minimum absolute atomic E-state index is 0.00271. The van der Waals surface area contributed by atoms with Crippen molar-refractivity contribution in [3.05, 3.63) is 69.8 Å². The second kappa shape index (κ2) is 10.2. The molecule has 0 unspecified atom stereocenters. The van der Waals surface area contributed by atoms with Crippen molar-refractivity contribution in [3.63, 3.8) is 0 Å². The molecule has 2 N–H and O–H groups in total. The summed E-state index contributed by atoms with van der Waals surface area (Å²) in [4.78, 5) is 35.2. The highest BCUT2D eigenvalue weighted by atomic mass is 16.6. The molecule has 2 atom stereocenters. The number of nitro benzene ring substituents is 1. The topological polar surface area (TPSA) is 111 Å². The van der Waals surface area contributed by atoms with E-state index >= 15 is 0 Å². The normalized spacial score (nSPS) is 12.5. The first kappa shape index (κ1) is 21.9. The van der Waals surface area contributed by atoms with E-state index in [1.54, 1.807) is 7.05 Å². The molecule has 8 nitrogen and oxygen atoms in total. The van der Waals surface area contributed by atoms with Crippen LogP contribution < -0.4 is 10.6 Å². The molecule has 0 aliphatic rings. The zero-order valence-electron chi connectivity index (χ0n) is 16.7. The third-order valence-electron chi connectivity index (χ3n) is 4.64. The van der Waals surface area contributed by atoms with E-state index in [1.807, 2.05) is 37.3 Å². The van der Waals surface area contributed by atoms with Gasteiger partial charge in [-0.05, 0) is 25.0 Å². The lowest BCUT2D eigenvalue weighted by Crippen LogP contribution is -2.38. The van der Waals surface area contributed by atoms with Crippen molar-refractivity contribution < 1.29 is 19.2 Å². The van der Waals surface area contributed by atoms with Gasteiger partial charge in [-0.2, -0.15) is 0 Å². The molecule has 154 valence electrons. The van der Waals surface area contributed by atoms with Crippen molar-refractivity contribution in [2.24, 2.45) is 0 Å². The Kier molecular flexibility index (Phi) is 7.70. The molecule has 0 heterocycles. The van der Waals surface area contributed by atoms with Gasteiger partial charge in [-0.1, -0.05) is 37.3 Å². The summed E-state index contributed by atoms with van der Waals surface area (Å²) in [5, 5.41) is 16.6. The number of benzene rings is 2. The van der Waals surface area contributed by atoms with E-state index in [4.69, 9.17) is 4.74 Å². The summed E-state index contributed by atoms with van der Waals surface area (Å²) in [7, 11) is 1.59. The number of nitrogens with zero attached hydrogens (tertiary/aromatic N) is 1. The third-order valence-corrected chi connectivity index (χ3v) is 4.64. The highest BCUT2D eigenvalue weighted by Gasteiger charge is 2.23. The van der Waals surface area contributed by atoms with Crippen LogP contribution in [0.2, 0.25) is 0 Å². The Morgan fingerprint density at radius 2 is 1.86 bits per heavy atom. The number of ether oxygens (including phenoxy) is 1. The molecular weight excluding hydrogens is 374 g/mol. The van der Waals surface area contributed by atoms with Gasteiger partial charge in [0.25, 0.3) is 11.6 Å². The van der Waals surface area contributed by atoms with E-state index in [-0.39, 0.29) is 17.2 Å². The Morgan fingerprint density at radius 1 is 1.17 bits per heavy atom. The summed E-state index contributed by atoms with van der Waals surface area (Å²) in [6, 6.07) is 13.7. The van der Waals surface area contributed by atoms with Gasteiger partial charge in [0.1, 0.15) is 0 Å². The van der Waals surface area contributed by atoms with Gasteiger partial charge in [0.2, 0.25) is 0 Å². The fourth-order valence-corrected chi connectivity index (χ4v) is 2.90. The second-order valence-corrected chi connectivity index (χ2v) is 6.55. The highest BCUT2D eigenvalue weighted by molar-refractivity contribution is 5.98. The maximum absolute atomic E-state index is 12.5. The SMILES string of the molecule is CC[C@H](CNC(=O)[C@@H](C)OC(=O)c1cc([N+](=O)[O-])ccc1NC)c1ccccc1. The van der Waals surface area contributed by atoms with Gasteiger partial charge in [-0.3, -0.25) is 14.9 Å². The Labute approximate surface area is 169 Å². The Bertz CT molecular complexity index is 870. The van der Waals surface area contributed by atoms with Gasteiger partial charge in [-0.25, -0.2) is 4.79 Å². The molecule has 2 rings (SSSR count). The summed E-state index contributed by atoms with van der Waals surface area (Å²) < 4.78 is 5.23. The molecule has 0 radical (unpaired) electrons. The summed E-state index contributed by atoms with van der Waals surface area (Å²) in [5.74, 6) is -1.09. The van der Waals surface area contributed by atoms with Crippen molar-refractivity contribution in [2.45, 2.75) is 32.3 Å². The van der Waals surface area contributed by atoms with Crippen LogP contribution in [0.5, 0.6) is 0 Å². The smallest absolute Gasteiger partial charge is 0.341 e. The molecule has 0 bridgehead atoms. The maximum Gasteiger partial charge on any atom is 0.341 e. The van der Waals surface area contributed by atoms with Crippen molar-refractivity contribution in [3.8, 4) is 0 Å². The van der Waals surface area contributed by atoms with Crippen molar-refractivity contribution in [1.82, 2.24) is 5.32 Å². The van der Waals surface area contributed by atoms with E-state index in [0.717, 1.165) is 18.1 Å². The van der Waals surface area contributed by atoms with Gasteiger partial charge in [0.05, 0.1) is 10.5 Å². The van der Waals surface area contributed by atoms with E-state index in [1.165, 1.54) is 19.1 Å². The van der Waals surface area contributed by atoms with E-state index < -0.39 is 22.9 Å². The van der Waals surface area contributed by atoms with E-state index in [9.17, 15) is 19.7 Å². The fraction of sp³-hybridized carbons (Fsp3) is 0.333. The van der Waals surface area contributed by atoms with Crippen LogP contribution in [0.15, 0.2) is 48.5 Å². The number of amides is 1. The van der Waals surface area contributed by atoms with Crippen molar-refractivity contribution in [1.29, 1.82) is 0 Å². The van der Waals surface area contributed by atoms with Crippen molar-refractivity contribution >= 4 is 23.3 Å². The van der Waals surface area contributed by atoms with Crippen LogP contribution in [0, 0.1) is 10.1 Å². The molecule has 0 saturated heterocycles. The van der Waals surface area contributed by atoms with Gasteiger partial charge in [-0.15, -0.1) is 0 Å². The molecule has 1 amide bonds. The van der Waals surface area contributed by atoms with E-state index in [2.05, 4.69) is 10.6 Å². The van der Waals surface area contributed by atoms with E-state index in [0.29, 0.717) is 12.2 Å². The van der Waals surface area contributed by atoms with Crippen LogP contribution in [0.25, 0.3) is 0 Å². The largest absolute Gasteiger partial charge is 0.449 e. The minimum atomic E-state index is -1.04. The second-order valence-electron chi connectivity index (χ2n) is 6.55. The van der Waals surface area contributed by atoms with Crippen LogP contribution in [-0.2, 0) is 9.53 Å². The number of nitrogens with one attached hydrogen (secondary N) is 2. The number of rotatable bonds is 9. The average molecular weight is 399 g/mol. The number of hydrogen-bond acceptors (Lipinski definition) is 6. The first-order valence-electron chi connectivity index (χ1n) is 9.37. The predicted molar refractivity (Wildman–Crippen MR) is 110 cm³/mol. The molecular formula is C21H25N3O5. The molecule has 0 saturated carbocycles. The predicted octanol–water partition coefficient (Wildman–Crippen LogP) is 3.49. The number of esters is 1. The zero-order valence-corrected chi connectivity index (χ0v) is 16.7. The summed E-state index contributed by atoms with van der Waals surface area (Å²) >= 11 is 0. The van der Waals surface area contributed by atoms with Crippen LogP contribution >= 0.6 is 0 Å². The molecule has 0 spiro atoms. The van der Waals surface area contributed by atoms with Crippen LogP contribution in [0.1, 0.15) is 42.1 Å². The first-order chi connectivity index (χ1) is 13.9. The van der Waals surface area contributed by atoms with Gasteiger partial charge in [0.15, 0.2) is 6.10 Å². The van der Waals surface area contributed by atoms with Crippen LogP contribution in [0.4, 0.5) is 11.4 Å². The molecule has 2 aromatic rings. The summed E-state index contributed by atoms with van der Waals surface area (Å²) in [5.41, 5.74) is 1.26. The van der Waals surface area contributed by atoms with Gasteiger partial charge < -0.3 is 15.4 Å². The average Bonchev–Trinajstić information content (AvgIpc) is 2.74. The Balaban J connectivity index is 2.01. The number of carbonyl (C=O) groups excluding carboxylic acids is 2. The summed E-state index contributed by atoms with van der Waals surface area (Å²) in [6.45, 7) is 3.92. The highest BCUT2D eigenvalue weighted by Crippen LogP contribution is 2.23. The standard InChI is InChI=1S/C21H25N3O5/c1-4-15(16-8-6-5-7-9-16)13-23-20(25)14(2)29-21(26)18-12-17(24(27)28)10-11-19(18)22-3/h5-12,14-15,22H,4,13H2,1-3H3,(H,23,25)/t14-,15-/m1/s1. The molecule has 0 aliphatic heterocycles. The van der Waals surface area contributed by atoms with Crippen LogP contribution in [0.3, 0.4) is 0 Å². The number of non-ortho nitro benzene ring substituents is 1. The fourth-order valence-electron chi connectivity index (χ4n) is 2.90. The van der Waals surface area contributed by atoms with Gasteiger partial charge in [0, 0.05) is 37.3 Å². The molecule has 0 fully saturated rings. The third kappa shape index (κ3) is 5.78. The first-order valence-corrected chi connectivity index (χ1v) is 9.37. The molecule has 29 heavy (non-hydrogen) atoms. The molecule has 2 aromatic carbocycles. The van der Waals surface area contributed by atoms with Crippen molar-refractivity contribution in [2.75, 3.05) is 18.9 Å². The molecule has 0 aromatic heterocycles. The maximum atomic E-state index is 12.5. The van der Waals surface area contributed by atoms with Crippen LogP contribution in [-0.4, -0.2) is 36.5 Å². The number of anilines is 1. The lowest BCUT2D eigenvalue weighted by molar-refractivity contribution is -0.384. The quantitative estimate of drug-likeness (QED) is 0.379. The summed E-state index contributed by atoms with van der Waals surface area (Å²) in [6.07, 6.45) is -0.197. The van der Waals surface area contributed by atoms with Gasteiger partial charge >= 0.3 is 5.97 Å². The Hall–Kier alpha value is -3.42. The number of nitro groups is 1.